The van der Waals surface area contributed by atoms with Gasteiger partial charge in [-0.1, -0.05) is 6.07 Å². The van der Waals surface area contributed by atoms with E-state index in [2.05, 4.69) is 24.6 Å². The van der Waals surface area contributed by atoms with Crippen molar-refractivity contribution in [3.63, 3.8) is 0 Å². The van der Waals surface area contributed by atoms with Crippen molar-refractivity contribution in [3.05, 3.63) is 67.0 Å². The average Bonchev–Trinajstić information content (AvgIpc) is 3.13. The van der Waals surface area contributed by atoms with Crippen LogP contribution in [0.2, 0.25) is 0 Å². The number of pyridine rings is 1. The van der Waals surface area contributed by atoms with Crippen LogP contribution in [0.5, 0.6) is 11.5 Å². The van der Waals surface area contributed by atoms with Gasteiger partial charge in [-0.25, -0.2) is 13.0 Å². The molecule has 0 aliphatic rings. The fraction of sp³-hybridized carbons (Fsp3) is 0. The first-order valence-corrected chi connectivity index (χ1v) is 9.02. The third kappa shape index (κ3) is 3.20. The summed E-state index contributed by atoms with van der Waals surface area (Å²) in [7, 11) is -3.80. The van der Waals surface area contributed by atoms with Gasteiger partial charge in [0.05, 0.1) is 10.6 Å². The van der Waals surface area contributed by atoms with Crippen LogP contribution in [0.3, 0.4) is 0 Å². The quantitative estimate of drug-likeness (QED) is 0.576. The molecule has 4 rings (SSSR count). The van der Waals surface area contributed by atoms with Gasteiger partial charge < -0.3 is 4.74 Å². The van der Waals surface area contributed by atoms with E-state index in [1.54, 1.807) is 54.9 Å². The van der Waals surface area contributed by atoms with E-state index in [0.29, 0.717) is 28.2 Å². The van der Waals surface area contributed by atoms with Gasteiger partial charge in [-0.15, -0.1) is 0 Å². The molecule has 8 nitrogen and oxygen atoms in total. The van der Waals surface area contributed by atoms with Gasteiger partial charge in [-0.2, -0.15) is 0 Å². The van der Waals surface area contributed by atoms with Crippen molar-refractivity contribution < 1.29 is 17.8 Å². The van der Waals surface area contributed by atoms with Crippen LogP contribution in [-0.2, 0) is 10.0 Å². The predicted molar refractivity (Wildman–Crippen MR) is 93.4 cm³/mol. The van der Waals surface area contributed by atoms with E-state index in [4.69, 9.17) is 4.74 Å². The molecule has 0 atom stereocenters. The molecule has 130 valence electrons. The molecule has 2 heterocycles. The fourth-order valence-electron chi connectivity index (χ4n) is 2.32. The van der Waals surface area contributed by atoms with Crippen LogP contribution in [0.4, 0.5) is 5.69 Å². The van der Waals surface area contributed by atoms with Crippen molar-refractivity contribution in [2.75, 3.05) is 4.72 Å². The zero-order chi connectivity index (χ0) is 18.0. The highest BCUT2D eigenvalue weighted by molar-refractivity contribution is 7.92. The number of aromatic nitrogens is 3. The number of hydrogen-bond donors (Lipinski definition) is 1. The predicted octanol–water partition coefficient (Wildman–Crippen LogP) is 3.21. The first kappa shape index (κ1) is 16.0. The van der Waals surface area contributed by atoms with E-state index in [1.807, 2.05) is 0 Å². The molecule has 2 aromatic heterocycles. The summed E-state index contributed by atoms with van der Waals surface area (Å²) in [6.45, 7) is 0. The summed E-state index contributed by atoms with van der Waals surface area (Å²) in [5, 5.41) is 7.41. The van der Waals surface area contributed by atoms with E-state index in [-0.39, 0.29) is 4.90 Å². The molecule has 0 bridgehead atoms. The molecule has 0 saturated heterocycles. The maximum absolute atomic E-state index is 12.6. The first-order chi connectivity index (χ1) is 12.6. The SMILES string of the molecule is O=S(=O)(Nc1cccc2nonc12)c1ccc(Oc2ccncc2)cc1. The van der Waals surface area contributed by atoms with Gasteiger partial charge >= 0.3 is 0 Å². The highest BCUT2D eigenvalue weighted by Gasteiger charge is 2.17. The summed E-state index contributed by atoms with van der Waals surface area (Å²) < 4.78 is 38.0. The number of hydrogen-bond acceptors (Lipinski definition) is 7. The Balaban J connectivity index is 1.57. The topological polar surface area (TPSA) is 107 Å². The Labute approximate surface area is 148 Å². The van der Waals surface area contributed by atoms with Crippen molar-refractivity contribution in [3.8, 4) is 11.5 Å². The first-order valence-electron chi connectivity index (χ1n) is 7.54. The summed E-state index contributed by atoms with van der Waals surface area (Å²) in [6.07, 6.45) is 3.22. The molecule has 9 heteroatoms. The Morgan fingerprint density at radius 3 is 2.38 bits per heavy atom. The highest BCUT2D eigenvalue weighted by Crippen LogP contribution is 2.25. The molecule has 1 N–H and O–H groups in total. The Bertz CT molecular complexity index is 1140. The zero-order valence-electron chi connectivity index (χ0n) is 13.2. The number of nitrogens with zero attached hydrogens (tertiary/aromatic N) is 3. The van der Waals surface area contributed by atoms with Crippen LogP contribution < -0.4 is 9.46 Å². The van der Waals surface area contributed by atoms with Gasteiger partial charge in [0.25, 0.3) is 10.0 Å². The van der Waals surface area contributed by atoms with Gasteiger partial charge in [-0.05, 0) is 58.8 Å². The molecule has 0 aliphatic carbocycles. The van der Waals surface area contributed by atoms with E-state index >= 15 is 0 Å². The molecule has 0 fully saturated rings. The number of sulfonamides is 1. The maximum atomic E-state index is 12.6. The minimum absolute atomic E-state index is 0.0908. The number of rotatable bonds is 5. The standard InChI is InChI=1S/C17H12N4O4S/c22-26(23,21-16-3-1-2-15-17(16)20-25-19-15)14-6-4-12(5-7-14)24-13-8-10-18-11-9-13/h1-11,21H. The molecule has 0 radical (unpaired) electrons. The van der Waals surface area contributed by atoms with Crippen LogP contribution in [0.15, 0.2) is 76.5 Å². The molecular weight excluding hydrogens is 356 g/mol. The number of benzene rings is 2. The van der Waals surface area contributed by atoms with E-state index in [1.165, 1.54) is 12.1 Å². The van der Waals surface area contributed by atoms with Crippen molar-refractivity contribution >= 4 is 26.7 Å². The van der Waals surface area contributed by atoms with Crippen molar-refractivity contribution in [2.45, 2.75) is 4.90 Å². The van der Waals surface area contributed by atoms with Gasteiger partial charge in [0, 0.05) is 12.4 Å². The second-order valence-electron chi connectivity index (χ2n) is 5.30. The lowest BCUT2D eigenvalue weighted by molar-refractivity contribution is 0.315. The summed E-state index contributed by atoms with van der Waals surface area (Å²) in [5.41, 5.74) is 1.10. The van der Waals surface area contributed by atoms with Gasteiger partial charge in [0.15, 0.2) is 5.52 Å². The average molecular weight is 368 g/mol. The van der Waals surface area contributed by atoms with Crippen LogP contribution in [0.1, 0.15) is 0 Å². The minimum atomic E-state index is -3.80. The molecule has 0 aliphatic heterocycles. The van der Waals surface area contributed by atoms with Crippen LogP contribution in [0.25, 0.3) is 11.0 Å². The molecule has 0 amide bonds. The number of nitrogens with one attached hydrogen (secondary N) is 1. The molecule has 0 spiro atoms. The number of ether oxygens (including phenoxy) is 1. The third-order valence-corrected chi connectivity index (χ3v) is 4.93. The second kappa shape index (κ2) is 6.45. The monoisotopic (exact) mass is 368 g/mol. The normalized spacial score (nSPS) is 11.4. The van der Waals surface area contributed by atoms with Gasteiger partial charge in [0.1, 0.15) is 17.0 Å². The van der Waals surface area contributed by atoms with Gasteiger partial charge in [0.2, 0.25) is 0 Å². The van der Waals surface area contributed by atoms with E-state index < -0.39 is 10.0 Å². The number of anilines is 1. The summed E-state index contributed by atoms with van der Waals surface area (Å²) in [4.78, 5) is 4.00. The van der Waals surface area contributed by atoms with Crippen molar-refractivity contribution in [1.29, 1.82) is 0 Å². The van der Waals surface area contributed by atoms with E-state index in [9.17, 15) is 8.42 Å². The van der Waals surface area contributed by atoms with Gasteiger partial charge in [-0.3, -0.25) is 9.71 Å². The molecule has 26 heavy (non-hydrogen) atoms. The van der Waals surface area contributed by atoms with Crippen molar-refractivity contribution in [2.24, 2.45) is 0 Å². The lowest BCUT2D eigenvalue weighted by Crippen LogP contribution is -2.13. The maximum Gasteiger partial charge on any atom is 0.261 e. The molecule has 0 unspecified atom stereocenters. The van der Waals surface area contributed by atoms with Crippen LogP contribution >= 0.6 is 0 Å². The molecular formula is C17H12N4O4S. The summed E-state index contributed by atoms with van der Waals surface area (Å²) >= 11 is 0. The Kier molecular flexibility index (Phi) is 3.98. The Hall–Kier alpha value is -3.46. The lowest BCUT2D eigenvalue weighted by atomic mass is 10.3. The fourth-order valence-corrected chi connectivity index (χ4v) is 3.39. The van der Waals surface area contributed by atoms with E-state index in [0.717, 1.165) is 0 Å². The molecule has 4 aromatic rings. The zero-order valence-corrected chi connectivity index (χ0v) is 14.1. The lowest BCUT2D eigenvalue weighted by Gasteiger charge is -2.09. The second-order valence-corrected chi connectivity index (χ2v) is 6.98. The summed E-state index contributed by atoms with van der Waals surface area (Å²) in [6, 6.07) is 14.4. The smallest absolute Gasteiger partial charge is 0.261 e. The Morgan fingerprint density at radius 2 is 1.62 bits per heavy atom. The third-order valence-electron chi connectivity index (χ3n) is 3.55. The van der Waals surface area contributed by atoms with Crippen molar-refractivity contribution in [1.82, 2.24) is 15.3 Å². The summed E-state index contributed by atoms with van der Waals surface area (Å²) in [5.74, 6) is 1.12. The number of fused-ring (bicyclic) bond motifs is 1. The van der Waals surface area contributed by atoms with Crippen LogP contribution in [-0.4, -0.2) is 23.7 Å². The molecule has 0 saturated carbocycles. The largest absolute Gasteiger partial charge is 0.457 e. The minimum Gasteiger partial charge on any atom is -0.457 e. The highest BCUT2D eigenvalue weighted by atomic mass is 32.2. The Morgan fingerprint density at radius 1 is 0.885 bits per heavy atom. The molecule has 2 aromatic carbocycles. The van der Waals surface area contributed by atoms with Crippen LogP contribution in [0, 0.1) is 0 Å².